The van der Waals surface area contributed by atoms with E-state index >= 15 is 0 Å². The maximum atomic E-state index is 13.0. The van der Waals surface area contributed by atoms with Crippen molar-refractivity contribution in [1.29, 1.82) is 0 Å². The van der Waals surface area contributed by atoms with Gasteiger partial charge in [0.2, 0.25) is 10.0 Å². The summed E-state index contributed by atoms with van der Waals surface area (Å²) in [5, 5.41) is 1.99. The van der Waals surface area contributed by atoms with E-state index in [0.29, 0.717) is 18.7 Å². The fourth-order valence-corrected chi connectivity index (χ4v) is 5.31. The topological polar surface area (TPSA) is 57.7 Å². The van der Waals surface area contributed by atoms with Crippen LogP contribution in [0.5, 0.6) is 0 Å². The third-order valence-corrected chi connectivity index (χ3v) is 7.69. The molecule has 1 amide bonds. The van der Waals surface area contributed by atoms with Gasteiger partial charge in [0.15, 0.2) is 0 Å². The Kier molecular flexibility index (Phi) is 7.07. The first-order valence-corrected chi connectivity index (χ1v) is 12.1. The second kappa shape index (κ2) is 9.55. The molecule has 0 aliphatic rings. The number of thiophene rings is 1. The van der Waals surface area contributed by atoms with Crippen molar-refractivity contribution < 1.29 is 13.2 Å². The monoisotopic (exact) mass is 442 g/mol. The van der Waals surface area contributed by atoms with Crippen molar-refractivity contribution in [2.24, 2.45) is 0 Å². The number of hydrogen-bond acceptors (Lipinski definition) is 4. The van der Waals surface area contributed by atoms with Crippen LogP contribution in [-0.4, -0.2) is 37.1 Å². The van der Waals surface area contributed by atoms with E-state index in [2.05, 4.69) is 0 Å². The molecule has 0 N–H and O–H groups in total. The molecule has 5 nitrogen and oxygen atoms in total. The van der Waals surface area contributed by atoms with Gasteiger partial charge in [0.05, 0.1) is 11.4 Å². The Morgan fingerprint density at radius 3 is 2.20 bits per heavy atom. The summed E-state index contributed by atoms with van der Waals surface area (Å²) in [7, 11) is -1.80. The Labute approximate surface area is 182 Å². The van der Waals surface area contributed by atoms with E-state index in [9.17, 15) is 13.2 Å². The molecule has 0 aliphatic heterocycles. The van der Waals surface area contributed by atoms with Gasteiger partial charge in [-0.05, 0) is 48.2 Å². The Balaban J connectivity index is 1.70. The predicted molar refractivity (Wildman–Crippen MR) is 121 cm³/mol. The summed E-state index contributed by atoms with van der Waals surface area (Å²) < 4.78 is 27.4. The highest BCUT2D eigenvalue weighted by Crippen LogP contribution is 2.20. The van der Waals surface area contributed by atoms with Crippen LogP contribution >= 0.6 is 11.3 Å². The van der Waals surface area contributed by atoms with Crippen LogP contribution < -0.4 is 0 Å². The first-order valence-electron chi connectivity index (χ1n) is 9.75. The summed E-state index contributed by atoms with van der Waals surface area (Å²) in [6, 6.07) is 18.0. The Morgan fingerprint density at radius 2 is 1.63 bits per heavy atom. The highest BCUT2D eigenvalue weighted by atomic mass is 32.2. The van der Waals surface area contributed by atoms with E-state index in [1.165, 1.54) is 4.31 Å². The van der Waals surface area contributed by atoms with Gasteiger partial charge < -0.3 is 4.90 Å². The smallest absolute Gasteiger partial charge is 0.253 e. The number of rotatable bonds is 8. The van der Waals surface area contributed by atoms with Crippen molar-refractivity contribution >= 4 is 27.3 Å². The van der Waals surface area contributed by atoms with Crippen LogP contribution in [0.2, 0.25) is 0 Å². The molecule has 0 atom stereocenters. The van der Waals surface area contributed by atoms with Crippen LogP contribution in [0.15, 0.2) is 70.9 Å². The fourth-order valence-electron chi connectivity index (χ4n) is 3.11. The molecule has 0 saturated carbocycles. The lowest BCUT2D eigenvalue weighted by Crippen LogP contribution is -2.30. The normalized spacial score (nSPS) is 11.6. The second-order valence-corrected chi connectivity index (χ2v) is 10.2. The molecule has 1 aromatic heterocycles. The van der Waals surface area contributed by atoms with Gasteiger partial charge in [-0.1, -0.05) is 42.8 Å². The standard InChI is InChI=1S/C23H26N2O3S2/c1-4-25(30(27,28)22-13-7-18(2)8-14-22)16-19-9-11-20(12-10-19)23(26)24(3)17-21-6-5-15-29-21/h5-15H,4,16-17H2,1-3H3. The minimum atomic E-state index is -3.58. The Bertz CT molecular complexity index is 1070. The molecule has 3 aromatic rings. The highest BCUT2D eigenvalue weighted by Gasteiger charge is 2.23. The fraction of sp³-hybridized carbons (Fsp3) is 0.261. The van der Waals surface area contributed by atoms with E-state index in [-0.39, 0.29) is 17.3 Å². The van der Waals surface area contributed by atoms with Crippen LogP contribution in [0, 0.1) is 6.92 Å². The molecule has 7 heteroatoms. The Hall–Kier alpha value is -2.48. The first kappa shape index (κ1) is 22.2. The van der Waals surface area contributed by atoms with E-state index in [4.69, 9.17) is 0 Å². The van der Waals surface area contributed by atoms with Crippen LogP contribution in [-0.2, 0) is 23.1 Å². The van der Waals surface area contributed by atoms with Gasteiger partial charge in [0, 0.05) is 30.6 Å². The number of benzene rings is 2. The third-order valence-electron chi connectivity index (χ3n) is 4.89. The zero-order chi connectivity index (χ0) is 21.7. The predicted octanol–water partition coefficient (Wildman–Crippen LogP) is 4.54. The minimum absolute atomic E-state index is 0.0606. The second-order valence-electron chi connectivity index (χ2n) is 7.18. The van der Waals surface area contributed by atoms with E-state index in [1.807, 2.05) is 43.5 Å². The number of carbonyl (C=O) groups excluding carboxylic acids is 1. The number of hydrogen-bond donors (Lipinski definition) is 0. The van der Waals surface area contributed by atoms with Crippen molar-refractivity contribution in [3.05, 3.63) is 87.6 Å². The molecule has 2 aromatic carbocycles. The molecule has 0 fully saturated rings. The maximum Gasteiger partial charge on any atom is 0.253 e. The van der Waals surface area contributed by atoms with Crippen LogP contribution in [0.3, 0.4) is 0 Å². The summed E-state index contributed by atoms with van der Waals surface area (Å²) in [5.41, 5.74) is 2.44. The lowest BCUT2D eigenvalue weighted by atomic mass is 10.1. The average Bonchev–Trinajstić information content (AvgIpc) is 3.25. The summed E-state index contributed by atoms with van der Waals surface area (Å²) in [6.07, 6.45) is 0. The molecule has 0 spiro atoms. The molecule has 1 heterocycles. The number of carbonyl (C=O) groups is 1. The first-order chi connectivity index (χ1) is 14.3. The molecular weight excluding hydrogens is 416 g/mol. The highest BCUT2D eigenvalue weighted by molar-refractivity contribution is 7.89. The van der Waals surface area contributed by atoms with Gasteiger partial charge in [-0.3, -0.25) is 4.79 Å². The van der Waals surface area contributed by atoms with Gasteiger partial charge >= 0.3 is 0 Å². The van der Waals surface area contributed by atoms with Gasteiger partial charge in [0.25, 0.3) is 5.91 Å². The zero-order valence-electron chi connectivity index (χ0n) is 17.4. The van der Waals surface area contributed by atoms with Gasteiger partial charge in [0.1, 0.15) is 0 Å². The number of amides is 1. The molecule has 158 valence electrons. The molecular formula is C23H26N2O3S2. The lowest BCUT2D eigenvalue weighted by molar-refractivity contribution is 0.0786. The molecule has 0 saturated heterocycles. The van der Waals surface area contributed by atoms with Crippen molar-refractivity contribution in [3.8, 4) is 0 Å². The summed E-state index contributed by atoms with van der Waals surface area (Å²) in [6.45, 7) is 4.93. The molecule has 0 bridgehead atoms. The molecule has 0 aliphatic carbocycles. The van der Waals surface area contributed by atoms with Crippen molar-refractivity contribution in [3.63, 3.8) is 0 Å². The quantitative estimate of drug-likeness (QED) is 0.515. The van der Waals surface area contributed by atoms with Crippen LogP contribution in [0.25, 0.3) is 0 Å². The van der Waals surface area contributed by atoms with Crippen LogP contribution in [0.4, 0.5) is 0 Å². The van der Waals surface area contributed by atoms with Crippen LogP contribution in [0.1, 0.15) is 33.3 Å². The molecule has 0 unspecified atom stereocenters. The molecule has 3 rings (SSSR count). The number of sulfonamides is 1. The minimum Gasteiger partial charge on any atom is -0.337 e. The van der Waals surface area contributed by atoms with Gasteiger partial charge in [-0.25, -0.2) is 8.42 Å². The van der Waals surface area contributed by atoms with Gasteiger partial charge in [-0.15, -0.1) is 11.3 Å². The SMILES string of the molecule is CCN(Cc1ccc(C(=O)N(C)Cc2cccs2)cc1)S(=O)(=O)c1ccc(C)cc1. The van der Waals surface area contributed by atoms with E-state index < -0.39 is 10.0 Å². The maximum absolute atomic E-state index is 13.0. The molecule has 30 heavy (non-hydrogen) atoms. The Morgan fingerprint density at radius 1 is 0.967 bits per heavy atom. The van der Waals surface area contributed by atoms with E-state index in [0.717, 1.165) is 16.0 Å². The lowest BCUT2D eigenvalue weighted by Gasteiger charge is -2.21. The number of nitrogens with zero attached hydrogens (tertiary/aromatic N) is 2. The third kappa shape index (κ3) is 5.16. The zero-order valence-corrected chi connectivity index (χ0v) is 19.0. The van der Waals surface area contributed by atoms with Crippen molar-refractivity contribution in [1.82, 2.24) is 9.21 Å². The summed E-state index contributed by atoms with van der Waals surface area (Å²) >= 11 is 1.62. The molecule has 0 radical (unpaired) electrons. The number of aryl methyl sites for hydroxylation is 1. The van der Waals surface area contributed by atoms with Gasteiger partial charge in [-0.2, -0.15) is 4.31 Å². The summed E-state index contributed by atoms with van der Waals surface area (Å²) in [4.78, 5) is 15.8. The van der Waals surface area contributed by atoms with E-state index in [1.54, 1.807) is 59.7 Å². The average molecular weight is 443 g/mol. The summed E-state index contributed by atoms with van der Waals surface area (Å²) in [5.74, 6) is -0.0606. The van der Waals surface area contributed by atoms with Crippen molar-refractivity contribution in [2.75, 3.05) is 13.6 Å². The largest absolute Gasteiger partial charge is 0.337 e. The van der Waals surface area contributed by atoms with Crippen molar-refractivity contribution in [2.45, 2.75) is 31.8 Å².